The third kappa shape index (κ3) is 3.07. The molecule has 1 rings (SSSR count). The third-order valence-electron chi connectivity index (χ3n) is 3.74. The van der Waals surface area contributed by atoms with E-state index in [0.29, 0.717) is 11.1 Å². The second kappa shape index (κ2) is 3.95. The largest absolute Gasteiger partial charge is 0.417 e. The molecule has 1 aliphatic carbocycles. The Balaban J connectivity index is 2.22. The molecule has 3 heteroatoms. The molecule has 2 atom stereocenters. The summed E-state index contributed by atoms with van der Waals surface area (Å²) in [5.74, 6) is 0.750. The van der Waals surface area contributed by atoms with Gasteiger partial charge in [0, 0.05) is 12.6 Å². The van der Waals surface area contributed by atoms with E-state index in [9.17, 15) is 0 Å². The van der Waals surface area contributed by atoms with Crippen molar-refractivity contribution in [3.05, 3.63) is 0 Å². The van der Waals surface area contributed by atoms with Crippen LogP contribution >= 0.6 is 0 Å². The Morgan fingerprint density at radius 1 is 1.36 bits per heavy atom. The number of nitrogens with two attached hydrogens (primary N) is 1. The van der Waals surface area contributed by atoms with Crippen molar-refractivity contribution in [1.82, 2.24) is 0 Å². The van der Waals surface area contributed by atoms with Crippen LogP contribution in [0.4, 0.5) is 0 Å². The second-order valence-corrected chi connectivity index (χ2v) is 10.9. The van der Waals surface area contributed by atoms with Gasteiger partial charge in [-0.25, -0.2) is 0 Å². The molecule has 0 aliphatic heterocycles. The van der Waals surface area contributed by atoms with Gasteiger partial charge in [-0.3, -0.25) is 0 Å². The molecule has 0 unspecified atom stereocenters. The maximum absolute atomic E-state index is 6.08. The highest BCUT2D eigenvalue weighted by Crippen LogP contribution is 2.37. The number of rotatable bonds is 4. The fourth-order valence-electron chi connectivity index (χ4n) is 1.28. The van der Waals surface area contributed by atoms with Gasteiger partial charge in [0.15, 0.2) is 8.32 Å². The fourth-order valence-corrected chi connectivity index (χ4v) is 2.35. The Morgan fingerprint density at radius 3 is 2.21 bits per heavy atom. The van der Waals surface area contributed by atoms with Gasteiger partial charge in [0.05, 0.1) is 0 Å². The lowest BCUT2D eigenvalue weighted by molar-refractivity contribution is 0.274. The molecular weight excluding hydrogens is 190 g/mol. The lowest BCUT2D eigenvalue weighted by Crippen LogP contribution is -2.41. The van der Waals surface area contributed by atoms with Gasteiger partial charge in [0.2, 0.25) is 0 Å². The van der Waals surface area contributed by atoms with Gasteiger partial charge in [-0.15, -0.1) is 0 Å². The minimum absolute atomic E-state index is 0.332. The van der Waals surface area contributed by atoms with Crippen LogP contribution in [0, 0.1) is 5.92 Å². The molecule has 14 heavy (non-hydrogen) atoms. The van der Waals surface area contributed by atoms with Crippen LogP contribution in [0.5, 0.6) is 0 Å². The zero-order chi connectivity index (χ0) is 11.0. The first-order valence-electron chi connectivity index (χ1n) is 5.63. The predicted molar refractivity (Wildman–Crippen MR) is 63.8 cm³/mol. The van der Waals surface area contributed by atoms with E-state index in [1.807, 2.05) is 0 Å². The summed E-state index contributed by atoms with van der Waals surface area (Å²) in [6.07, 6.45) is 2.37. The van der Waals surface area contributed by atoms with Crippen molar-refractivity contribution < 1.29 is 4.43 Å². The van der Waals surface area contributed by atoms with Gasteiger partial charge in [-0.2, -0.15) is 0 Å². The summed E-state index contributed by atoms with van der Waals surface area (Å²) in [4.78, 5) is 0. The molecule has 2 N–H and O–H groups in total. The van der Waals surface area contributed by atoms with Gasteiger partial charge in [-0.05, 0) is 36.9 Å². The van der Waals surface area contributed by atoms with Crippen molar-refractivity contribution >= 4 is 8.32 Å². The summed E-state index contributed by atoms with van der Waals surface area (Å²) in [5.41, 5.74) is 5.76. The van der Waals surface area contributed by atoms with E-state index in [4.69, 9.17) is 10.2 Å². The van der Waals surface area contributed by atoms with Crippen molar-refractivity contribution in [3.63, 3.8) is 0 Å². The van der Waals surface area contributed by atoms with E-state index in [1.165, 1.54) is 6.42 Å². The van der Waals surface area contributed by atoms with Crippen LogP contribution < -0.4 is 5.73 Å². The average molecular weight is 215 g/mol. The first-order chi connectivity index (χ1) is 6.24. The molecule has 0 aromatic carbocycles. The molecule has 0 aromatic heterocycles. The minimum atomic E-state index is -1.51. The van der Waals surface area contributed by atoms with E-state index >= 15 is 0 Å². The minimum Gasteiger partial charge on any atom is -0.417 e. The van der Waals surface area contributed by atoms with Gasteiger partial charge < -0.3 is 10.2 Å². The average Bonchev–Trinajstić information content (AvgIpc) is 2.63. The van der Waals surface area contributed by atoms with Crippen molar-refractivity contribution in [2.75, 3.05) is 6.61 Å². The molecule has 84 valence electrons. The first-order valence-corrected chi connectivity index (χ1v) is 8.54. The van der Waals surface area contributed by atoms with Crippen molar-refractivity contribution in [2.45, 2.75) is 57.8 Å². The van der Waals surface area contributed by atoms with Crippen molar-refractivity contribution in [3.8, 4) is 0 Å². The van der Waals surface area contributed by atoms with Crippen LogP contribution in [0.2, 0.25) is 18.1 Å². The maximum atomic E-state index is 6.08. The van der Waals surface area contributed by atoms with Crippen LogP contribution in [0.3, 0.4) is 0 Å². The Bertz CT molecular complexity index is 198. The summed E-state index contributed by atoms with van der Waals surface area (Å²) in [7, 11) is -1.51. The molecule has 2 nitrogen and oxygen atoms in total. The Labute approximate surface area is 89.3 Å². The van der Waals surface area contributed by atoms with Crippen LogP contribution in [0.1, 0.15) is 33.6 Å². The molecule has 1 aliphatic rings. The molecule has 1 saturated carbocycles. The topological polar surface area (TPSA) is 35.2 Å². The molecule has 0 aromatic rings. The Hall–Kier alpha value is 0.137. The summed E-state index contributed by atoms with van der Waals surface area (Å²) in [6, 6.07) is 0.470. The van der Waals surface area contributed by atoms with E-state index in [2.05, 4.69) is 33.9 Å². The number of hydrogen-bond donors (Lipinski definition) is 1. The van der Waals surface area contributed by atoms with Crippen LogP contribution in [0.15, 0.2) is 0 Å². The molecule has 0 amide bonds. The van der Waals surface area contributed by atoms with Gasteiger partial charge in [-0.1, -0.05) is 20.8 Å². The fraction of sp³-hybridized carbons (Fsp3) is 1.00. The highest BCUT2D eigenvalue weighted by atomic mass is 28.4. The molecule has 0 heterocycles. The molecule has 0 radical (unpaired) electrons. The highest BCUT2D eigenvalue weighted by molar-refractivity contribution is 6.74. The first kappa shape index (κ1) is 12.2. The van der Waals surface area contributed by atoms with E-state index in [1.54, 1.807) is 0 Å². The summed E-state index contributed by atoms with van der Waals surface area (Å²) in [6.45, 7) is 12.4. The van der Waals surface area contributed by atoms with Crippen LogP contribution in [-0.4, -0.2) is 21.0 Å². The second-order valence-electron chi connectivity index (χ2n) is 6.06. The monoisotopic (exact) mass is 215 g/mol. The summed E-state index contributed by atoms with van der Waals surface area (Å²) < 4.78 is 6.08. The summed E-state index contributed by atoms with van der Waals surface area (Å²) >= 11 is 0. The maximum Gasteiger partial charge on any atom is 0.191 e. The van der Waals surface area contributed by atoms with E-state index in [-0.39, 0.29) is 0 Å². The van der Waals surface area contributed by atoms with Crippen LogP contribution in [-0.2, 0) is 4.43 Å². The lowest BCUT2D eigenvalue weighted by atomic mass is 10.2. The SMILES string of the molecule is CC(C)(C)[Si](C)(C)OCC[C@@H]1C[C@H]1N. The lowest BCUT2D eigenvalue weighted by Gasteiger charge is -2.36. The smallest absolute Gasteiger partial charge is 0.191 e. The quantitative estimate of drug-likeness (QED) is 0.732. The van der Waals surface area contributed by atoms with Gasteiger partial charge in [0.25, 0.3) is 0 Å². The molecule has 0 saturated heterocycles. The molecule has 0 bridgehead atoms. The van der Waals surface area contributed by atoms with Crippen molar-refractivity contribution in [2.24, 2.45) is 11.7 Å². The molecular formula is C11H25NOSi. The normalized spacial score (nSPS) is 27.9. The van der Waals surface area contributed by atoms with Gasteiger partial charge in [0.1, 0.15) is 0 Å². The zero-order valence-electron chi connectivity index (χ0n) is 10.3. The molecule has 1 fully saturated rings. The van der Waals surface area contributed by atoms with E-state index in [0.717, 1.165) is 18.9 Å². The number of hydrogen-bond acceptors (Lipinski definition) is 2. The zero-order valence-corrected chi connectivity index (χ0v) is 11.3. The Morgan fingerprint density at radius 2 is 1.86 bits per heavy atom. The Kier molecular flexibility index (Phi) is 3.44. The molecule has 0 spiro atoms. The van der Waals surface area contributed by atoms with Crippen molar-refractivity contribution in [1.29, 1.82) is 0 Å². The predicted octanol–water partition coefficient (Wildman–Crippen LogP) is 2.75. The van der Waals surface area contributed by atoms with Gasteiger partial charge >= 0.3 is 0 Å². The standard InChI is InChI=1S/C11H25NOSi/c1-11(2,3)14(4,5)13-7-6-9-8-10(9)12/h9-10H,6-8,12H2,1-5H3/t9-,10-/m1/s1. The summed E-state index contributed by atoms with van der Waals surface area (Å²) in [5, 5.41) is 0.332. The third-order valence-corrected chi connectivity index (χ3v) is 8.27. The van der Waals surface area contributed by atoms with E-state index < -0.39 is 8.32 Å². The van der Waals surface area contributed by atoms with Crippen LogP contribution in [0.25, 0.3) is 0 Å². The highest BCUT2D eigenvalue weighted by Gasteiger charge is 2.38.